The maximum absolute atomic E-state index is 13.2. The first-order valence-electron chi connectivity index (χ1n) is 11.1. The minimum absolute atomic E-state index is 0.0121. The molecule has 8 heteroatoms. The van der Waals surface area contributed by atoms with Crippen LogP contribution in [0.15, 0.2) is 47.4 Å². The number of hydrogen-bond donors (Lipinski definition) is 1. The smallest absolute Gasteiger partial charge is 0.253 e. The molecular formula is C24H29ClN2O4S. The fourth-order valence-corrected chi connectivity index (χ4v) is 6.78. The van der Waals surface area contributed by atoms with E-state index < -0.39 is 10.0 Å². The lowest BCUT2D eigenvalue weighted by Gasteiger charge is -2.33. The predicted molar refractivity (Wildman–Crippen MR) is 125 cm³/mol. The van der Waals surface area contributed by atoms with Crippen LogP contribution in [0, 0.1) is 5.92 Å². The first kappa shape index (κ1) is 23.1. The number of sulfonamides is 1. The number of piperidine rings is 2. The molecule has 1 atom stereocenters. The minimum Gasteiger partial charge on any atom is -0.508 e. The summed E-state index contributed by atoms with van der Waals surface area (Å²) in [7, 11) is -3.75. The van der Waals surface area contributed by atoms with E-state index in [2.05, 4.69) is 0 Å². The molecule has 1 unspecified atom stereocenters. The van der Waals surface area contributed by atoms with Crippen LogP contribution in [0.4, 0.5) is 0 Å². The van der Waals surface area contributed by atoms with Gasteiger partial charge in [-0.25, -0.2) is 8.42 Å². The third-order valence-corrected chi connectivity index (χ3v) is 8.91. The Morgan fingerprint density at radius 1 is 1.03 bits per heavy atom. The van der Waals surface area contributed by atoms with E-state index in [4.69, 9.17) is 11.6 Å². The van der Waals surface area contributed by atoms with Crippen molar-refractivity contribution in [1.29, 1.82) is 0 Å². The van der Waals surface area contributed by atoms with Crippen LogP contribution < -0.4 is 0 Å². The quantitative estimate of drug-likeness (QED) is 0.705. The third kappa shape index (κ3) is 4.80. The molecule has 1 amide bonds. The largest absolute Gasteiger partial charge is 0.508 e. The van der Waals surface area contributed by atoms with Gasteiger partial charge in [0.05, 0.1) is 5.02 Å². The van der Waals surface area contributed by atoms with Gasteiger partial charge >= 0.3 is 0 Å². The highest BCUT2D eigenvalue weighted by Gasteiger charge is 2.32. The maximum Gasteiger partial charge on any atom is 0.253 e. The van der Waals surface area contributed by atoms with Crippen LogP contribution in [0.2, 0.25) is 5.02 Å². The fraction of sp³-hybridized carbons (Fsp3) is 0.458. The summed E-state index contributed by atoms with van der Waals surface area (Å²) in [6.45, 7) is 4.19. The van der Waals surface area contributed by atoms with Crippen molar-refractivity contribution >= 4 is 27.5 Å². The summed E-state index contributed by atoms with van der Waals surface area (Å²) in [5, 5.41) is 9.63. The van der Waals surface area contributed by atoms with Crippen LogP contribution in [-0.2, 0) is 10.0 Å². The predicted octanol–water partition coefficient (Wildman–Crippen LogP) is 4.49. The number of benzene rings is 2. The molecule has 2 aliphatic heterocycles. The zero-order valence-electron chi connectivity index (χ0n) is 18.2. The summed E-state index contributed by atoms with van der Waals surface area (Å²) >= 11 is 6.28. The molecule has 1 N–H and O–H groups in total. The molecule has 2 heterocycles. The Hall–Kier alpha value is -2.09. The van der Waals surface area contributed by atoms with Gasteiger partial charge in [0.2, 0.25) is 10.0 Å². The summed E-state index contributed by atoms with van der Waals surface area (Å²) in [5.41, 5.74) is 1.51. The number of halogens is 1. The molecule has 2 aliphatic rings. The monoisotopic (exact) mass is 476 g/mol. The van der Waals surface area contributed by atoms with Gasteiger partial charge in [0.1, 0.15) is 10.6 Å². The molecule has 6 nitrogen and oxygen atoms in total. The van der Waals surface area contributed by atoms with Crippen LogP contribution >= 0.6 is 11.6 Å². The number of nitrogens with zero attached hydrogens (tertiary/aromatic N) is 2. The molecule has 2 fully saturated rings. The minimum atomic E-state index is -3.75. The van der Waals surface area contributed by atoms with Crippen molar-refractivity contribution < 1.29 is 18.3 Å². The lowest BCUT2D eigenvalue weighted by molar-refractivity contribution is 0.0712. The van der Waals surface area contributed by atoms with E-state index in [1.807, 2.05) is 19.1 Å². The number of phenols is 1. The Balaban J connectivity index is 1.48. The van der Waals surface area contributed by atoms with Crippen molar-refractivity contribution in [3.63, 3.8) is 0 Å². The van der Waals surface area contributed by atoms with E-state index in [0.29, 0.717) is 43.6 Å². The number of rotatable bonds is 4. The molecule has 0 bridgehead atoms. The Labute approximate surface area is 194 Å². The second kappa shape index (κ2) is 9.41. The van der Waals surface area contributed by atoms with Crippen molar-refractivity contribution in [1.82, 2.24) is 9.21 Å². The Morgan fingerprint density at radius 3 is 2.38 bits per heavy atom. The fourth-order valence-electron chi connectivity index (χ4n) is 4.68. The van der Waals surface area contributed by atoms with Crippen LogP contribution in [0.1, 0.15) is 54.4 Å². The Bertz CT molecular complexity index is 1080. The molecule has 4 rings (SSSR count). The Kier molecular flexibility index (Phi) is 6.79. The van der Waals surface area contributed by atoms with E-state index in [-0.39, 0.29) is 21.6 Å². The van der Waals surface area contributed by atoms with Crippen molar-refractivity contribution in [2.24, 2.45) is 5.92 Å². The van der Waals surface area contributed by atoms with Crippen LogP contribution in [-0.4, -0.2) is 54.8 Å². The molecule has 2 aromatic carbocycles. The SMILES string of the molecule is CC1CCCN(S(=O)(=O)c2cc(C(=O)N3CCC(c4ccc(O)cc4)CC3)ccc2Cl)C1. The second-order valence-electron chi connectivity index (χ2n) is 8.91. The van der Waals surface area contributed by atoms with Gasteiger partial charge in [0, 0.05) is 31.7 Å². The number of hydrogen-bond acceptors (Lipinski definition) is 4. The molecule has 0 spiro atoms. The summed E-state index contributed by atoms with van der Waals surface area (Å²) in [6.07, 6.45) is 3.48. The highest BCUT2D eigenvalue weighted by molar-refractivity contribution is 7.89. The molecule has 0 saturated carbocycles. The average molecular weight is 477 g/mol. The number of carbonyl (C=O) groups is 1. The van der Waals surface area contributed by atoms with Crippen molar-refractivity contribution in [3.8, 4) is 5.75 Å². The van der Waals surface area contributed by atoms with Gasteiger partial charge in [-0.3, -0.25) is 4.79 Å². The first-order valence-corrected chi connectivity index (χ1v) is 13.0. The number of carbonyl (C=O) groups excluding carboxylic acids is 1. The second-order valence-corrected chi connectivity index (χ2v) is 11.2. The van der Waals surface area contributed by atoms with Gasteiger partial charge in [-0.05, 0) is 73.4 Å². The Morgan fingerprint density at radius 2 is 1.72 bits per heavy atom. The van der Waals surface area contributed by atoms with Gasteiger partial charge in [0.25, 0.3) is 5.91 Å². The van der Waals surface area contributed by atoms with E-state index in [1.165, 1.54) is 16.4 Å². The molecular weight excluding hydrogens is 448 g/mol. The third-order valence-electron chi connectivity index (χ3n) is 6.56. The topological polar surface area (TPSA) is 77.9 Å². The van der Waals surface area contributed by atoms with E-state index in [1.54, 1.807) is 23.1 Å². The van der Waals surface area contributed by atoms with Crippen molar-refractivity contribution in [2.45, 2.75) is 43.4 Å². The normalized spacial score (nSPS) is 20.9. The number of aromatic hydroxyl groups is 1. The molecule has 0 radical (unpaired) electrons. The molecule has 2 saturated heterocycles. The summed E-state index contributed by atoms with van der Waals surface area (Å²) in [4.78, 5) is 14.9. The van der Waals surface area contributed by atoms with Crippen molar-refractivity contribution in [2.75, 3.05) is 26.2 Å². The molecule has 0 aliphatic carbocycles. The van der Waals surface area contributed by atoms with Gasteiger partial charge in [0.15, 0.2) is 0 Å². The number of phenolic OH excluding ortho intramolecular Hbond substituents is 1. The molecule has 0 aromatic heterocycles. The zero-order chi connectivity index (χ0) is 22.9. The van der Waals surface area contributed by atoms with Gasteiger partial charge in [-0.2, -0.15) is 4.31 Å². The van der Waals surface area contributed by atoms with E-state index in [9.17, 15) is 18.3 Å². The molecule has 2 aromatic rings. The van der Waals surface area contributed by atoms with Gasteiger partial charge in [-0.1, -0.05) is 30.7 Å². The first-order chi connectivity index (χ1) is 15.3. The maximum atomic E-state index is 13.2. The summed E-state index contributed by atoms with van der Waals surface area (Å²) < 4.78 is 27.9. The summed E-state index contributed by atoms with van der Waals surface area (Å²) in [6, 6.07) is 11.8. The average Bonchev–Trinajstić information content (AvgIpc) is 2.79. The molecule has 172 valence electrons. The van der Waals surface area contributed by atoms with Crippen LogP contribution in [0.3, 0.4) is 0 Å². The van der Waals surface area contributed by atoms with E-state index >= 15 is 0 Å². The summed E-state index contributed by atoms with van der Waals surface area (Å²) in [5.74, 6) is 0.710. The van der Waals surface area contributed by atoms with E-state index in [0.717, 1.165) is 31.2 Å². The lowest BCUT2D eigenvalue weighted by Crippen LogP contribution is -2.39. The number of likely N-dealkylation sites (tertiary alicyclic amines) is 1. The van der Waals surface area contributed by atoms with Crippen molar-refractivity contribution in [3.05, 3.63) is 58.6 Å². The van der Waals surface area contributed by atoms with Crippen LogP contribution in [0.25, 0.3) is 0 Å². The standard InChI is InChI=1S/C24H29ClN2O4S/c1-17-3-2-12-27(16-17)32(30,31)23-15-20(6-9-22(23)25)24(29)26-13-10-19(11-14-26)18-4-7-21(28)8-5-18/h4-9,15,17,19,28H,2-3,10-14,16H2,1H3. The number of amides is 1. The highest BCUT2D eigenvalue weighted by Crippen LogP contribution is 2.32. The van der Waals surface area contributed by atoms with Gasteiger partial charge < -0.3 is 10.0 Å². The highest BCUT2D eigenvalue weighted by atomic mass is 35.5. The van der Waals surface area contributed by atoms with Crippen LogP contribution in [0.5, 0.6) is 5.75 Å². The zero-order valence-corrected chi connectivity index (χ0v) is 19.8. The van der Waals surface area contributed by atoms with Gasteiger partial charge in [-0.15, -0.1) is 0 Å². The molecule has 32 heavy (non-hydrogen) atoms. The lowest BCUT2D eigenvalue weighted by atomic mass is 9.89.